The normalized spacial score (nSPS) is 11.9. The number of pyridine rings is 2. The van der Waals surface area contributed by atoms with Crippen LogP contribution >= 0.6 is 0 Å². The van der Waals surface area contributed by atoms with E-state index in [-0.39, 0.29) is 29.3 Å². The first-order valence-corrected chi connectivity index (χ1v) is 11.7. The third-order valence-corrected chi connectivity index (χ3v) is 7.53. The fraction of sp³-hybridized carbons (Fsp3) is 0.364. The van der Waals surface area contributed by atoms with E-state index < -0.39 is 32.4 Å². The van der Waals surface area contributed by atoms with E-state index >= 15 is 0 Å². The van der Waals surface area contributed by atoms with Crippen molar-refractivity contribution < 1.29 is 31.9 Å². The summed E-state index contributed by atoms with van der Waals surface area (Å²) in [6.45, 7) is 4.73. The van der Waals surface area contributed by atoms with Gasteiger partial charge in [0.05, 0.1) is 37.3 Å². The molecule has 3 rings (SSSR count). The summed E-state index contributed by atoms with van der Waals surface area (Å²) < 4.78 is 50.8. The lowest BCUT2D eigenvalue weighted by atomic mass is 10.2. The molecule has 3 aromatic heterocycles. The van der Waals surface area contributed by atoms with Crippen molar-refractivity contribution in [3.63, 3.8) is 0 Å². The number of carbonyl (C=O) groups is 2. The molecule has 3 heterocycles. The number of nitrogens with one attached hydrogen (secondary N) is 1. The molecule has 0 aromatic carbocycles. The third-order valence-electron chi connectivity index (χ3n) is 5.03. The van der Waals surface area contributed by atoms with E-state index in [1.54, 1.807) is 20.8 Å². The molecule has 0 fully saturated rings. The van der Waals surface area contributed by atoms with Gasteiger partial charge in [0.1, 0.15) is 22.1 Å². The van der Waals surface area contributed by atoms with Crippen LogP contribution in [0.2, 0.25) is 0 Å². The zero-order chi connectivity index (χ0) is 25.3. The number of amides is 1. The largest absolute Gasteiger partial charge is 0.495 e. The van der Waals surface area contributed by atoms with Crippen LogP contribution in [0.1, 0.15) is 33.6 Å². The fourth-order valence-electron chi connectivity index (χ4n) is 3.12. The molecular formula is C22H25FN4O6S. The summed E-state index contributed by atoms with van der Waals surface area (Å²) in [4.78, 5) is 31.2. The van der Waals surface area contributed by atoms with E-state index in [0.717, 1.165) is 6.07 Å². The monoisotopic (exact) mass is 492 g/mol. The highest BCUT2D eigenvalue weighted by Crippen LogP contribution is 2.34. The molecule has 1 N–H and O–H groups in total. The summed E-state index contributed by atoms with van der Waals surface area (Å²) in [7, 11) is -1.21. The van der Waals surface area contributed by atoms with Crippen LogP contribution < -0.4 is 10.1 Å². The van der Waals surface area contributed by atoms with E-state index in [9.17, 15) is 22.4 Å². The highest BCUT2D eigenvalue weighted by molar-refractivity contribution is 7.92. The molecule has 182 valence electrons. The van der Waals surface area contributed by atoms with Crippen LogP contribution in [0, 0.1) is 5.95 Å². The number of aromatic nitrogens is 3. The molecule has 0 saturated heterocycles. The topological polar surface area (TPSA) is 129 Å². The molecule has 0 spiro atoms. The summed E-state index contributed by atoms with van der Waals surface area (Å²) in [5.74, 6) is -1.90. The van der Waals surface area contributed by atoms with Crippen LogP contribution in [0.4, 0.5) is 10.2 Å². The number of hydrogen-bond donors (Lipinski definition) is 1. The summed E-state index contributed by atoms with van der Waals surface area (Å²) in [6.07, 6.45) is 2.53. The molecule has 0 aliphatic heterocycles. The first-order chi connectivity index (χ1) is 15.9. The Labute approximate surface area is 196 Å². The van der Waals surface area contributed by atoms with Gasteiger partial charge in [-0.25, -0.2) is 18.4 Å². The zero-order valence-electron chi connectivity index (χ0n) is 19.4. The van der Waals surface area contributed by atoms with Crippen molar-refractivity contribution in [2.45, 2.75) is 43.3 Å². The van der Waals surface area contributed by atoms with Crippen LogP contribution in [0.25, 0.3) is 16.9 Å². The smallest absolute Gasteiger partial charge is 0.306 e. The van der Waals surface area contributed by atoms with Crippen LogP contribution in [-0.4, -0.2) is 53.6 Å². The van der Waals surface area contributed by atoms with Crippen molar-refractivity contribution in [2.75, 3.05) is 19.5 Å². The highest BCUT2D eigenvalue weighted by Gasteiger charge is 2.34. The molecular weight excluding hydrogens is 467 g/mol. The molecule has 0 aliphatic carbocycles. The van der Waals surface area contributed by atoms with Gasteiger partial charge in [0, 0.05) is 30.3 Å². The number of fused-ring (bicyclic) bond motifs is 1. The number of ether oxygens (including phenoxy) is 2. The number of rotatable bonds is 7. The van der Waals surface area contributed by atoms with Gasteiger partial charge in [0.2, 0.25) is 11.9 Å². The van der Waals surface area contributed by atoms with Gasteiger partial charge in [-0.05, 0) is 26.8 Å². The van der Waals surface area contributed by atoms with Crippen molar-refractivity contribution in [3.8, 4) is 17.0 Å². The molecule has 12 heteroatoms. The Morgan fingerprint density at radius 2 is 1.85 bits per heavy atom. The molecule has 34 heavy (non-hydrogen) atoms. The maximum absolute atomic E-state index is 14.3. The Balaban J connectivity index is 2.05. The summed E-state index contributed by atoms with van der Waals surface area (Å²) >= 11 is 0. The number of imidazole rings is 1. The zero-order valence-corrected chi connectivity index (χ0v) is 20.2. The van der Waals surface area contributed by atoms with E-state index in [1.165, 1.54) is 43.1 Å². The summed E-state index contributed by atoms with van der Waals surface area (Å²) in [5.41, 5.74) is 1.04. The summed E-state index contributed by atoms with van der Waals surface area (Å²) in [5, 5.41) is 2.44. The Morgan fingerprint density at radius 3 is 2.47 bits per heavy atom. The van der Waals surface area contributed by atoms with Crippen LogP contribution in [0.5, 0.6) is 5.75 Å². The van der Waals surface area contributed by atoms with Gasteiger partial charge in [-0.3, -0.25) is 14.0 Å². The molecule has 0 unspecified atom stereocenters. The Morgan fingerprint density at radius 1 is 1.15 bits per heavy atom. The minimum absolute atomic E-state index is 0.0416. The number of hydrogen-bond acceptors (Lipinski definition) is 8. The number of esters is 1. The third kappa shape index (κ3) is 5.01. The van der Waals surface area contributed by atoms with Gasteiger partial charge in [0.15, 0.2) is 9.84 Å². The number of carbonyl (C=O) groups excluding carboxylic acids is 2. The quantitative estimate of drug-likeness (QED) is 0.394. The van der Waals surface area contributed by atoms with Crippen LogP contribution in [0.15, 0.2) is 35.5 Å². The van der Waals surface area contributed by atoms with Gasteiger partial charge in [-0.1, -0.05) is 0 Å². The van der Waals surface area contributed by atoms with Crippen molar-refractivity contribution >= 4 is 33.2 Å². The van der Waals surface area contributed by atoms with E-state index in [1.807, 2.05) is 0 Å². The fourth-order valence-corrected chi connectivity index (χ4v) is 4.43. The number of methoxy groups -OCH3 is 2. The minimum atomic E-state index is -3.79. The van der Waals surface area contributed by atoms with E-state index in [4.69, 9.17) is 4.74 Å². The Kier molecular flexibility index (Phi) is 6.92. The lowest BCUT2D eigenvalue weighted by molar-refractivity contribution is -0.141. The van der Waals surface area contributed by atoms with Crippen molar-refractivity contribution in [1.29, 1.82) is 0 Å². The number of halogens is 1. The number of nitrogens with zero attached hydrogens (tertiary/aromatic N) is 3. The minimum Gasteiger partial charge on any atom is -0.495 e. The lowest BCUT2D eigenvalue weighted by Gasteiger charge is -2.21. The molecule has 3 aromatic rings. The van der Waals surface area contributed by atoms with Gasteiger partial charge in [0.25, 0.3) is 0 Å². The van der Waals surface area contributed by atoms with Gasteiger partial charge < -0.3 is 14.8 Å². The maximum atomic E-state index is 14.3. The molecule has 0 atom stereocenters. The van der Waals surface area contributed by atoms with E-state index in [0.29, 0.717) is 16.9 Å². The second kappa shape index (κ2) is 9.37. The number of sulfone groups is 1. The van der Waals surface area contributed by atoms with Crippen molar-refractivity contribution in [1.82, 2.24) is 14.4 Å². The van der Waals surface area contributed by atoms with Crippen LogP contribution in [-0.2, 0) is 24.2 Å². The Bertz CT molecular complexity index is 1360. The highest BCUT2D eigenvalue weighted by atomic mass is 32.2. The SMILES string of the molecule is COC(=O)CCC(=O)Nc1cc(-c2cnc3cc(OC)c(S(=O)(=O)C(C)(C)C)cn23)cc(F)n1. The predicted molar refractivity (Wildman–Crippen MR) is 122 cm³/mol. The van der Waals surface area contributed by atoms with Gasteiger partial charge >= 0.3 is 5.97 Å². The first kappa shape index (κ1) is 25.1. The molecule has 10 nitrogen and oxygen atoms in total. The molecule has 1 amide bonds. The average molecular weight is 493 g/mol. The molecule has 0 aliphatic rings. The molecule has 0 bridgehead atoms. The maximum Gasteiger partial charge on any atom is 0.306 e. The van der Waals surface area contributed by atoms with Crippen molar-refractivity contribution in [3.05, 3.63) is 36.5 Å². The van der Waals surface area contributed by atoms with Crippen LogP contribution in [0.3, 0.4) is 0 Å². The van der Waals surface area contributed by atoms with Crippen molar-refractivity contribution in [2.24, 2.45) is 0 Å². The standard InChI is InChI=1S/C22H25FN4O6S/c1-22(2,3)34(30,31)16-12-27-14(11-24-19(27)10-15(16)32-4)13-8-17(23)25-18(9-13)26-20(28)6-7-21(29)33-5/h8-12H,6-7H2,1-5H3,(H,25,26,28). The average Bonchev–Trinajstić information content (AvgIpc) is 3.18. The summed E-state index contributed by atoms with van der Waals surface area (Å²) in [6, 6.07) is 4.04. The first-order valence-electron chi connectivity index (χ1n) is 10.2. The molecule has 0 radical (unpaired) electrons. The number of anilines is 1. The molecule has 0 saturated carbocycles. The predicted octanol–water partition coefficient (Wildman–Crippen LogP) is 3.01. The Hall–Kier alpha value is -3.54. The van der Waals surface area contributed by atoms with Gasteiger partial charge in [-0.2, -0.15) is 4.39 Å². The second-order valence-corrected chi connectivity index (χ2v) is 11.1. The van der Waals surface area contributed by atoms with Gasteiger partial charge in [-0.15, -0.1) is 0 Å². The van der Waals surface area contributed by atoms with E-state index in [2.05, 4.69) is 20.0 Å². The second-order valence-electron chi connectivity index (χ2n) is 8.38. The lowest BCUT2D eigenvalue weighted by Crippen LogP contribution is -2.28.